The zero-order valence-corrected chi connectivity index (χ0v) is 11.0. The van der Waals surface area contributed by atoms with Crippen LogP contribution in [-0.4, -0.2) is 36.6 Å². The lowest BCUT2D eigenvalue weighted by Crippen LogP contribution is -2.47. The van der Waals surface area contributed by atoms with Crippen molar-refractivity contribution in [3.63, 3.8) is 0 Å². The molecule has 1 fully saturated rings. The third-order valence-corrected chi connectivity index (χ3v) is 3.59. The molecule has 0 saturated carbocycles. The van der Waals surface area contributed by atoms with E-state index in [1.807, 2.05) is 11.1 Å². The summed E-state index contributed by atoms with van der Waals surface area (Å²) < 4.78 is 0. The maximum Gasteiger partial charge on any atom is 0.239 e. The molecule has 1 aromatic heterocycles. The average Bonchev–Trinajstić information content (AvgIpc) is 2.75. The standard InChI is InChI=1S/C11H18N4OS/c1-8(2)13-5-9-6-14-11(17-9)15-4-3-12-10(16)7-15/h6,8,13H,3-5,7H2,1-2H3,(H,12,16). The van der Waals surface area contributed by atoms with E-state index in [1.165, 1.54) is 4.88 Å². The first kappa shape index (κ1) is 12.3. The van der Waals surface area contributed by atoms with Gasteiger partial charge in [0.25, 0.3) is 0 Å². The number of nitrogens with zero attached hydrogens (tertiary/aromatic N) is 2. The van der Waals surface area contributed by atoms with Crippen LogP contribution in [0.25, 0.3) is 0 Å². The number of hydrogen-bond acceptors (Lipinski definition) is 5. The highest BCUT2D eigenvalue weighted by molar-refractivity contribution is 7.15. The molecule has 1 aliphatic rings. The SMILES string of the molecule is CC(C)NCc1cnc(N2CCNC(=O)C2)s1. The first-order valence-electron chi connectivity index (χ1n) is 5.85. The number of thiazole rings is 1. The molecule has 17 heavy (non-hydrogen) atoms. The highest BCUT2D eigenvalue weighted by Crippen LogP contribution is 2.22. The third-order valence-electron chi connectivity index (χ3n) is 2.53. The normalized spacial score (nSPS) is 16.4. The molecule has 0 aromatic carbocycles. The van der Waals surface area contributed by atoms with Crippen LogP contribution in [0.3, 0.4) is 0 Å². The van der Waals surface area contributed by atoms with Gasteiger partial charge < -0.3 is 15.5 Å². The number of carbonyl (C=O) groups is 1. The van der Waals surface area contributed by atoms with Gasteiger partial charge in [-0.15, -0.1) is 11.3 Å². The fourth-order valence-electron chi connectivity index (χ4n) is 1.63. The predicted octanol–water partition coefficient (Wildman–Crippen LogP) is 0.577. The number of carbonyl (C=O) groups excluding carboxylic acids is 1. The van der Waals surface area contributed by atoms with Crippen molar-refractivity contribution >= 4 is 22.4 Å². The Labute approximate surface area is 105 Å². The summed E-state index contributed by atoms with van der Waals surface area (Å²) >= 11 is 1.66. The molecule has 0 atom stereocenters. The first-order chi connectivity index (χ1) is 8.15. The van der Waals surface area contributed by atoms with Crippen molar-refractivity contribution in [1.29, 1.82) is 0 Å². The highest BCUT2D eigenvalue weighted by atomic mass is 32.1. The van der Waals surface area contributed by atoms with Crippen LogP contribution in [0.2, 0.25) is 0 Å². The summed E-state index contributed by atoms with van der Waals surface area (Å²) in [5.74, 6) is 0.0771. The molecule has 1 amide bonds. The van der Waals surface area contributed by atoms with Gasteiger partial charge in [-0.2, -0.15) is 0 Å². The van der Waals surface area contributed by atoms with E-state index < -0.39 is 0 Å². The molecule has 1 aliphatic heterocycles. The van der Waals surface area contributed by atoms with Gasteiger partial charge in [-0.1, -0.05) is 13.8 Å². The lowest BCUT2D eigenvalue weighted by molar-refractivity contribution is -0.120. The molecule has 94 valence electrons. The lowest BCUT2D eigenvalue weighted by atomic mass is 10.4. The smallest absolute Gasteiger partial charge is 0.239 e. The second-order valence-corrected chi connectivity index (χ2v) is 5.51. The van der Waals surface area contributed by atoms with E-state index in [-0.39, 0.29) is 5.91 Å². The van der Waals surface area contributed by atoms with Gasteiger partial charge in [0.1, 0.15) is 0 Å². The third kappa shape index (κ3) is 3.41. The van der Waals surface area contributed by atoms with Crippen LogP contribution in [-0.2, 0) is 11.3 Å². The summed E-state index contributed by atoms with van der Waals surface area (Å²) in [6.07, 6.45) is 1.89. The van der Waals surface area contributed by atoms with Gasteiger partial charge in [-0.25, -0.2) is 4.98 Å². The molecule has 0 unspecified atom stereocenters. The van der Waals surface area contributed by atoms with Crippen LogP contribution in [0.4, 0.5) is 5.13 Å². The van der Waals surface area contributed by atoms with Gasteiger partial charge in [-0.05, 0) is 0 Å². The summed E-state index contributed by atoms with van der Waals surface area (Å²) in [5, 5.41) is 7.12. The number of hydrogen-bond donors (Lipinski definition) is 2. The zero-order valence-electron chi connectivity index (χ0n) is 10.2. The summed E-state index contributed by atoms with van der Waals surface area (Å²) in [6, 6.07) is 0.473. The second kappa shape index (κ2) is 5.46. The molecular formula is C11H18N4OS. The minimum Gasteiger partial charge on any atom is -0.353 e. The number of aromatic nitrogens is 1. The van der Waals surface area contributed by atoms with E-state index in [1.54, 1.807) is 11.3 Å². The average molecular weight is 254 g/mol. The molecule has 2 rings (SSSR count). The lowest BCUT2D eigenvalue weighted by Gasteiger charge is -2.25. The summed E-state index contributed by atoms with van der Waals surface area (Å²) in [4.78, 5) is 18.9. The van der Waals surface area contributed by atoms with E-state index in [4.69, 9.17) is 0 Å². The van der Waals surface area contributed by atoms with Crippen LogP contribution >= 0.6 is 11.3 Å². The number of nitrogens with one attached hydrogen (secondary N) is 2. The van der Waals surface area contributed by atoms with Crippen molar-refractivity contribution in [2.45, 2.75) is 26.4 Å². The summed E-state index contributed by atoms with van der Waals surface area (Å²) in [7, 11) is 0. The van der Waals surface area contributed by atoms with Crippen LogP contribution in [0.1, 0.15) is 18.7 Å². The Kier molecular flexibility index (Phi) is 3.96. The number of rotatable bonds is 4. The molecule has 0 aliphatic carbocycles. The second-order valence-electron chi connectivity index (χ2n) is 4.42. The molecule has 5 nitrogen and oxygen atoms in total. The molecule has 2 N–H and O–H groups in total. The Hall–Kier alpha value is -1.14. The molecule has 1 aromatic rings. The summed E-state index contributed by atoms with van der Waals surface area (Å²) in [6.45, 7) is 7.06. The highest BCUT2D eigenvalue weighted by Gasteiger charge is 2.18. The molecule has 1 saturated heterocycles. The minimum absolute atomic E-state index is 0.0771. The fraction of sp³-hybridized carbons (Fsp3) is 0.636. The van der Waals surface area contributed by atoms with Gasteiger partial charge >= 0.3 is 0 Å². The minimum atomic E-state index is 0.0771. The monoisotopic (exact) mass is 254 g/mol. The molecular weight excluding hydrogens is 236 g/mol. The van der Waals surface area contributed by atoms with Gasteiger partial charge in [0.15, 0.2) is 5.13 Å². The maximum absolute atomic E-state index is 11.3. The van der Waals surface area contributed by atoms with Crippen LogP contribution in [0.15, 0.2) is 6.20 Å². The topological polar surface area (TPSA) is 57.3 Å². The molecule has 0 radical (unpaired) electrons. The Balaban J connectivity index is 1.95. The quantitative estimate of drug-likeness (QED) is 0.825. The Morgan fingerprint density at radius 3 is 3.18 bits per heavy atom. The van der Waals surface area contributed by atoms with Crippen LogP contribution < -0.4 is 15.5 Å². The van der Waals surface area contributed by atoms with Gasteiger partial charge in [0.05, 0.1) is 6.54 Å². The molecule has 6 heteroatoms. The van der Waals surface area contributed by atoms with Gasteiger partial charge in [0, 0.05) is 36.8 Å². The Morgan fingerprint density at radius 2 is 2.47 bits per heavy atom. The Morgan fingerprint density at radius 1 is 1.65 bits per heavy atom. The zero-order chi connectivity index (χ0) is 12.3. The van der Waals surface area contributed by atoms with Crippen molar-refractivity contribution in [3.05, 3.63) is 11.1 Å². The number of piperazine rings is 1. The number of anilines is 1. The summed E-state index contributed by atoms with van der Waals surface area (Å²) in [5.41, 5.74) is 0. The van der Waals surface area contributed by atoms with E-state index in [0.717, 1.165) is 18.2 Å². The maximum atomic E-state index is 11.3. The van der Waals surface area contributed by atoms with Crippen molar-refractivity contribution in [1.82, 2.24) is 15.6 Å². The van der Waals surface area contributed by atoms with E-state index in [0.29, 0.717) is 19.1 Å². The van der Waals surface area contributed by atoms with Crippen molar-refractivity contribution in [2.75, 3.05) is 24.5 Å². The van der Waals surface area contributed by atoms with Crippen molar-refractivity contribution in [3.8, 4) is 0 Å². The Bertz CT molecular complexity index is 391. The van der Waals surface area contributed by atoms with Crippen LogP contribution in [0, 0.1) is 0 Å². The van der Waals surface area contributed by atoms with Gasteiger partial charge in [0.2, 0.25) is 5.91 Å². The predicted molar refractivity (Wildman–Crippen MR) is 69.3 cm³/mol. The molecule has 2 heterocycles. The van der Waals surface area contributed by atoms with Crippen molar-refractivity contribution < 1.29 is 4.79 Å². The van der Waals surface area contributed by atoms with E-state index in [9.17, 15) is 4.79 Å². The molecule has 0 bridgehead atoms. The largest absolute Gasteiger partial charge is 0.353 e. The van der Waals surface area contributed by atoms with E-state index >= 15 is 0 Å². The van der Waals surface area contributed by atoms with E-state index in [2.05, 4.69) is 29.5 Å². The first-order valence-corrected chi connectivity index (χ1v) is 6.66. The fourth-order valence-corrected chi connectivity index (χ4v) is 2.52. The molecule has 0 spiro atoms. The van der Waals surface area contributed by atoms with Crippen molar-refractivity contribution in [2.24, 2.45) is 0 Å². The van der Waals surface area contributed by atoms with Gasteiger partial charge in [-0.3, -0.25) is 4.79 Å². The number of amides is 1. The van der Waals surface area contributed by atoms with Crippen LogP contribution in [0.5, 0.6) is 0 Å².